The van der Waals surface area contributed by atoms with E-state index >= 15 is 0 Å². The molecule has 1 aromatic heterocycles. The zero-order chi connectivity index (χ0) is 18.0. The number of hydrogen-bond acceptors (Lipinski definition) is 5. The zero-order valence-corrected chi connectivity index (χ0v) is 14.6. The number of rotatable bonds is 4. The van der Waals surface area contributed by atoms with Crippen LogP contribution in [-0.2, 0) is 0 Å². The molecule has 0 aliphatic rings. The summed E-state index contributed by atoms with van der Waals surface area (Å²) in [6.07, 6.45) is 2.87. The molecule has 0 aliphatic heterocycles. The van der Waals surface area contributed by atoms with Gasteiger partial charge in [0.25, 0.3) is 11.6 Å². The van der Waals surface area contributed by atoms with Crippen LogP contribution in [0.3, 0.4) is 0 Å². The molecule has 0 radical (unpaired) electrons. The molecule has 3 rings (SSSR count). The van der Waals surface area contributed by atoms with Gasteiger partial charge in [-0.15, -0.1) is 0 Å². The molecule has 1 amide bonds. The Kier molecular flexibility index (Phi) is 4.57. The lowest BCUT2D eigenvalue weighted by Crippen LogP contribution is -2.16. The van der Waals surface area contributed by atoms with Crippen molar-refractivity contribution in [3.63, 3.8) is 0 Å². The number of aromatic nitrogens is 3. The minimum absolute atomic E-state index is 0.00508. The van der Waals surface area contributed by atoms with Crippen LogP contribution in [0.15, 0.2) is 53.5 Å². The first kappa shape index (κ1) is 16.8. The SMILES string of the molecule is Cc1cccc(C(=O)Nc2cc(Br)ccc2-n2cncn2)c1[N+](=O)[O-]. The van der Waals surface area contributed by atoms with Crippen LogP contribution in [0.4, 0.5) is 11.4 Å². The molecule has 3 aromatic rings. The standard InChI is InChI=1S/C16H12BrN5O3/c1-10-3-2-4-12(15(10)22(24)25)16(23)20-13-7-11(17)5-6-14(13)21-9-18-8-19-21/h2-9H,1H3,(H,20,23). The van der Waals surface area contributed by atoms with Crippen molar-refractivity contribution in [2.45, 2.75) is 6.92 Å². The number of nitro groups is 1. The van der Waals surface area contributed by atoms with Gasteiger partial charge in [-0.25, -0.2) is 9.67 Å². The highest BCUT2D eigenvalue weighted by Crippen LogP contribution is 2.27. The summed E-state index contributed by atoms with van der Waals surface area (Å²) in [5.74, 6) is -0.574. The van der Waals surface area contributed by atoms with Crippen molar-refractivity contribution in [3.8, 4) is 5.69 Å². The molecule has 9 heteroatoms. The molecule has 8 nitrogen and oxygen atoms in total. The molecule has 0 spiro atoms. The Morgan fingerprint density at radius 2 is 2.12 bits per heavy atom. The Balaban J connectivity index is 2.02. The Bertz CT molecular complexity index is 956. The van der Waals surface area contributed by atoms with E-state index in [1.165, 1.54) is 23.4 Å². The monoisotopic (exact) mass is 401 g/mol. The second-order valence-electron chi connectivity index (χ2n) is 5.18. The Hall–Kier alpha value is -3.07. The number of benzene rings is 2. The topological polar surface area (TPSA) is 103 Å². The second-order valence-corrected chi connectivity index (χ2v) is 6.10. The molecule has 0 saturated heterocycles. The van der Waals surface area contributed by atoms with Crippen molar-refractivity contribution in [1.29, 1.82) is 0 Å². The summed E-state index contributed by atoms with van der Waals surface area (Å²) in [4.78, 5) is 27.3. The van der Waals surface area contributed by atoms with Crippen molar-refractivity contribution in [1.82, 2.24) is 14.8 Å². The van der Waals surface area contributed by atoms with Crippen molar-refractivity contribution in [2.75, 3.05) is 5.32 Å². The van der Waals surface area contributed by atoms with Crippen LogP contribution >= 0.6 is 15.9 Å². The van der Waals surface area contributed by atoms with Gasteiger partial charge in [0.05, 0.1) is 16.3 Å². The smallest absolute Gasteiger partial charge is 0.285 e. The first-order chi connectivity index (χ1) is 12.0. The minimum Gasteiger partial charge on any atom is -0.320 e. The van der Waals surface area contributed by atoms with Crippen LogP contribution in [0, 0.1) is 17.0 Å². The maximum absolute atomic E-state index is 12.6. The van der Waals surface area contributed by atoms with E-state index in [2.05, 4.69) is 31.3 Å². The number of amides is 1. The van der Waals surface area contributed by atoms with Crippen molar-refractivity contribution in [3.05, 3.63) is 74.8 Å². The van der Waals surface area contributed by atoms with E-state index in [1.807, 2.05) is 0 Å². The van der Waals surface area contributed by atoms with Crippen LogP contribution < -0.4 is 5.32 Å². The molecule has 0 atom stereocenters. The van der Waals surface area contributed by atoms with Crippen LogP contribution in [0.1, 0.15) is 15.9 Å². The van der Waals surface area contributed by atoms with Crippen LogP contribution in [0.5, 0.6) is 0 Å². The fraction of sp³-hybridized carbons (Fsp3) is 0.0625. The number of halogens is 1. The van der Waals surface area contributed by atoms with E-state index in [0.29, 0.717) is 16.9 Å². The van der Waals surface area contributed by atoms with Gasteiger partial charge in [-0.1, -0.05) is 28.1 Å². The summed E-state index contributed by atoms with van der Waals surface area (Å²) in [7, 11) is 0. The number of carbonyl (C=O) groups excluding carboxylic acids is 1. The molecule has 1 heterocycles. The predicted octanol–water partition coefficient (Wildman–Crippen LogP) is 3.50. The lowest BCUT2D eigenvalue weighted by atomic mass is 10.1. The van der Waals surface area contributed by atoms with Gasteiger partial charge in [0.1, 0.15) is 18.2 Å². The van der Waals surface area contributed by atoms with Crippen LogP contribution in [0.2, 0.25) is 0 Å². The van der Waals surface area contributed by atoms with Crippen molar-refractivity contribution < 1.29 is 9.72 Å². The Morgan fingerprint density at radius 3 is 2.80 bits per heavy atom. The average Bonchev–Trinajstić information content (AvgIpc) is 3.08. The minimum atomic E-state index is -0.574. The predicted molar refractivity (Wildman–Crippen MR) is 94.8 cm³/mol. The molecule has 1 N–H and O–H groups in total. The van der Waals surface area contributed by atoms with Gasteiger partial charge in [0.2, 0.25) is 0 Å². The number of hydrogen-bond donors (Lipinski definition) is 1. The molecular weight excluding hydrogens is 390 g/mol. The molecule has 0 saturated carbocycles. The highest BCUT2D eigenvalue weighted by atomic mass is 79.9. The lowest BCUT2D eigenvalue weighted by molar-refractivity contribution is -0.385. The maximum Gasteiger partial charge on any atom is 0.285 e. The molecule has 0 aliphatic carbocycles. The van der Waals surface area contributed by atoms with Crippen LogP contribution in [0.25, 0.3) is 5.69 Å². The molecule has 25 heavy (non-hydrogen) atoms. The lowest BCUT2D eigenvalue weighted by Gasteiger charge is -2.12. The molecular formula is C16H12BrN5O3. The highest BCUT2D eigenvalue weighted by Gasteiger charge is 2.23. The maximum atomic E-state index is 12.6. The van der Waals surface area contributed by atoms with Gasteiger partial charge >= 0.3 is 0 Å². The number of nitrogens with one attached hydrogen (secondary N) is 1. The van der Waals surface area contributed by atoms with E-state index in [4.69, 9.17) is 0 Å². The average molecular weight is 402 g/mol. The third-order valence-electron chi connectivity index (χ3n) is 3.54. The number of anilines is 1. The van der Waals surface area contributed by atoms with Gasteiger partial charge in [0, 0.05) is 10.0 Å². The number of carbonyl (C=O) groups is 1. The van der Waals surface area contributed by atoms with Crippen LogP contribution in [-0.4, -0.2) is 25.6 Å². The van der Waals surface area contributed by atoms with Gasteiger partial charge in [0.15, 0.2) is 0 Å². The Labute approximate surface area is 150 Å². The number of aryl methyl sites for hydroxylation is 1. The van der Waals surface area contributed by atoms with E-state index < -0.39 is 10.8 Å². The summed E-state index contributed by atoms with van der Waals surface area (Å²) in [5, 5.41) is 18.1. The molecule has 0 bridgehead atoms. The van der Waals surface area contributed by atoms with E-state index in [9.17, 15) is 14.9 Å². The molecule has 2 aromatic carbocycles. The summed E-state index contributed by atoms with van der Waals surface area (Å²) in [6, 6.07) is 9.86. The Morgan fingerprint density at radius 1 is 1.32 bits per heavy atom. The quantitative estimate of drug-likeness (QED) is 0.532. The van der Waals surface area contributed by atoms with Crippen molar-refractivity contribution in [2.24, 2.45) is 0 Å². The first-order valence-corrected chi connectivity index (χ1v) is 7.96. The van der Waals surface area contributed by atoms with E-state index in [0.717, 1.165) is 4.47 Å². The fourth-order valence-corrected chi connectivity index (χ4v) is 2.78. The first-order valence-electron chi connectivity index (χ1n) is 7.17. The zero-order valence-electron chi connectivity index (χ0n) is 13.0. The van der Waals surface area contributed by atoms with Gasteiger partial charge in [-0.2, -0.15) is 5.10 Å². The summed E-state index contributed by atoms with van der Waals surface area (Å²) in [5.41, 5.74) is 1.24. The molecule has 126 valence electrons. The normalized spacial score (nSPS) is 10.5. The number of para-hydroxylation sites is 1. The summed E-state index contributed by atoms with van der Waals surface area (Å²) in [6.45, 7) is 1.59. The summed E-state index contributed by atoms with van der Waals surface area (Å²) < 4.78 is 2.23. The van der Waals surface area contributed by atoms with E-state index in [1.54, 1.807) is 37.3 Å². The fourth-order valence-electron chi connectivity index (χ4n) is 2.41. The summed E-state index contributed by atoms with van der Waals surface area (Å²) >= 11 is 3.35. The number of nitro benzene ring substituents is 1. The van der Waals surface area contributed by atoms with E-state index in [-0.39, 0.29) is 11.3 Å². The third kappa shape index (κ3) is 3.41. The van der Waals surface area contributed by atoms with Gasteiger partial charge in [-0.3, -0.25) is 14.9 Å². The number of nitrogens with zero attached hydrogens (tertiary/aromatic N) is 4. The second kappa shape index (κ2) is 6.81. The van der Waals surface area contributed by atoms with Gasteiger partial charge in [-0.05, 0) is 31.2 Å². The highest BCUT2D eigenvalue weighted by molar-refractivity contribution is 9.10. The molecule has 0 fully saturated rings. The largest absolute Gasteiger partial charge is 0.320 e. The van der Waals surface area contributed by atoms with Crippen molar-refractivity contribution >= 4 is 33.2 Å². The molecule has 0 unspecified atom stereocenters. The third-order valence-corrected chi connectivity index (χ3v) is 4.03. The van der Waals surface area contributed by atoms with Gasteiger partial charge < -0.3 is 5.32 Å².